The highest BCUT2D eigenvalue weighted by atomic mass is 32.2. The SMILES string of the molecule is CCN(CC)CCCCCCCCCSc1cccc(C=O)c1CN(C)C(C=O)CCC(=O)NC. The van der Waals surface area contributed by atoms with E-state index >= 15 is 0 Å². The van der Waals surface area contributed by atoms with Gasteiger partial charge in [-0.2, -0.15) is 0 Å². The van der Waals surface area contributed by atoms with Crippen molar-refractivity contribution in [3.05, 3.63) is 29.3 Å². The molecule has 0 spiro atoms. The molecule has 6 nitrogen and oxygen atoms in total. The van der Waals surface area contributed by atoms with Crippen LogP contribution in [0.1, 0.15) is 87.6 Å². The minimum Gasteiger partial charge on any atom is -0.359 e. The molecule has 1 unspecified atom stereocenters. The van der Waals surface area contributed by atoms with Gasteiger partial charge < -0.3 is 15.0 Å². The zero-order valence-corrected chi connectivity index (χ0v) is 23.2. The molecule has 0 heterocycles. The molecule has 7 heteroatoms. The fourth-order valence-corrected chi connectivity index (χ4v) is 5.30. The first-order valence-electron chi connectivity index (χ1n) is 13.3. The number of amides is 1. The third kappa shape index (κ3) is 12.7. The molecule has 1 aromatic carbocycles. The van der Waals surface area contributed by atoms with Crippen LogP contribution in [0.3, 0.4) is 0 Å². The Morgan fingerprint density at radius 1 is 1.03 bits per heavy atom. The molecule has 198 valence electrons. The summed E-state index contributed by atoms with van der Waals surface area (Å²) in [7, 11) is 3.47. The molecule has 1 atom stereocenters. The van der Waals surface area contributed by atoms with Crippen LogP contribution in [0.5, 0.6) is 0 Å². The van der Waals surface area contributed by atoms with Gasteiger partial charge in [0.25, 0.3) is 0 Å². The second-order valence-electron chi connectivity index (χ2n) is 9.12. The van der Waals surface area contributed by atoms with Crippen LogP contribution in [0.2, 0.25) is 0 Å². The molecular weight excluding hydrogens is 458 g/mol. The number of unbranched alkanes of at least 4 members (excludes halogenated alkanes) is 6. The Kier molecular flexibility index (Phi) is 17.4. The summed E-state index contributed by atoms with van der Waals surface area (Å²) in [5.41, 5.74) is 1.64. The fourth-order valence-electron chi connectivity index (χ4n) is 4.20. The predicted molar refractivity (Wildman–Crippen MR) is 147 cm³/mol. The summed E-state index contributed by atoms with van der Waals surface area (Å²) in [6, 6.07) is 5.46. The molecule has 1 aromatic rings. The topological polar surface area (TPSA) is 69.7 Å². The maximum Gasteiger partial charge on any atom is 0.219 e. The largest absolute Gasteiger partial charge is 0.359 e. The van der Waals surface area contributed by atoms with E-state index in [1.165, 1.54) is 45.1 Å². The fraction of sp³-hybridized carbons (Fsp3) is 0.679. The molecule has 0 saturated carbocycles. The standard InChI is InChI=1S/C28H47N3O3S/c1-5-31(6-2)19-12-10-8-7-9-11-13-20-35-27-16-14-15-24(22-32)26(27)21-30(4)25(23-33)17-18-28(34)29-3/h14-16,22-23,25H,5-13,17-21H2,1-4H3,(H,29,34). The van der Waals surface area contributed by atoms with Gasteiger partial charge in [0.15, 0.2) is 0 Å². The average molecular weight is 506 g/mol. The van der Waals surface area contributed by atoms with Crippen LogP contribution >= 0.6 is 11.8 Å². The highest BCUT2D eigenvalue weighted by molar-refractivity contribution is 7.99. The Balaban J connectivity index is 2.46. The van der Waals surface area contributed by atoms with Gasteiger partial charge >= 0.3 is 0 Å². The lowest BCUT2D eigenvalue weighted by Gasteiger charge is -2.25. The van der Waals surface area contributed by atoms with Crippen molar-refractivity contribution in [2.45, 2.75) is 89.1 Å². The maximum absolute atomic E-state index is 11.7. The maximum atomic E-state index is 11.7. The lowest BCUT2D eigenvalue weighted by atomic mass is 10.1. The van der Waals surface area contributed by atoms with E-state index in [1.54, 1.807) is 18.8 Å². The van der Waals surface area contributed by atoms with Crippen LogP contribution in [0, 0.1) is 0 Å². The van der Waals surface area contributed by atoms with Gasteiger partial charge in [-0.1, -0.05) is 58.1 Å². The number of carbonyl (C=O) groups is 3. The number of rotatable bonds is 21. The van der Waals surface area contributed by atoms with Crippen LogP contribution in [0.4, 0.5) is 0 Å². The van der Waals surface area contributed by atoms with Crippen molar-refractivity contribution < 1.29 is 14.4 Å². The zero-order chi connectivity index (χ0) is 25.9. The number of thioether (sulfide) groups is 1. The Morgan fingerprint density at radius 3 is 2.29 bits per heavy atom. The molecule has 1 amide bonds. The Bertz CT molecular complexity index is 740. The molecular formula is C28H47N3O3S. The molecule has 0 aromatic heterocycles. The summed E-state index contributed by atoms with van der Waals surface area (Å²) in [5, 5.41) is 2.59. The normalized spacial score (nSPS) is 12.2. The minimum atomic E-state index is -0.364. The lowest BCUT2D eigenvalue weighted by Crippen LogP contribution is -2.34. The molecule has 1 rings (SSSR count). The van der Waals surface area contributed by atoms with Gasteiger partial charge in [0.05, 0.1) is 6.04 Å². The van der Waals surface area contributed by atoms with Gasteiger partial charge in [0.1, 0.15) is 12.6 Å². The number of aldehydes is 2. The second kappa shape index (κ2) is 19.5. The van der Waals surface area contributed by atoms with Crippen molar-refractivity contribution in [2.24, 2.45) is 0 Å². The zero-order valence-electron chi connectivity index (χ0n) is 22.4. The van der Waals surface area contributed by atoms with Crippen molar-refractivity contribution in [1.82, 2.24) is 15.1 Å². The van der Waals surface area contributed by atoms with E-state index in [-0.39, 0.29) is 11.9 Å². The molecule has 0 saturated heterocycles. The molecule has 0 fully saturated rings. The smallest absolute Gasteiger partial charge is 0.219 e. The summed E-state index contributed by atoms with van der Waals surface area (Å²) in [6.45, 7) is 8.49. The van der Waals surface area contributed by atoms with Crippen LogP contribution in [-0.4, -0.2) is 73.8 Å². The number of nitrogens with one attached hydrogen (secondary N) is 1. The molecule has 0 radical (unpaired) electrons. The van der Waals surface area contributed by atoms with Crippen molar-refractivity contribution >= 4 is 30.2 Å². The monoisotopic (exact) mass is 505 g/mol. The first kappa shape index (κ1) is 31.3. The third-order valence-corrected chi connectivity index (χ3v) is 7.83. The van der Waals surface area contributed by atoms with Crippen LogP contribution in [0.25, 0.3) is 0 Å². The van der Waals surface area contributed by atoms with Gasteiger partial charge in [-0.15, -0.1) is 11.8 Å². The molecule has 0 aliphatic carbocycles. The first-order valence-corrected chi connectivity index (χ1v) is 14.3. The van der Waals surface area contributed by atoms with Crippen LogP contribution in [-0.2, 0) is 16.1 Å². The third-order valence-electron chi connectivity index (χ3n) is 6.64. The van der Waals surface area contributed by atoms with E-state index < -0.39 is 0 Å². The second-order valence-corrected chi connectivity index (χ2v) is 10.3. The summed E-state index contributed by atoms with van der Waals surface area (Å²) >= 11 is 1.80. The van der Waals surface area contributed by atoms with Crippen molar-refractivity contribution in [2.75, 3.05) is 39.5 Å². The Labute approximate surface area is 217 Å². The number of carbonyl (C=O) groups excluding carboxylic acids is 3. The van der Waals surface area contributed by atoms with E-state index in [2.05, 4.69) is 30.1 Å². The van der Waals surface area contributed by atoms with Crippen molar-refractivity contribution in [3.63, 3.8) is 0 Å². The number of likely N-dealkylation sites (N-methyl/N-ethyl adjacent to an activating group) is 1. The van der Waals surface area contributed by atoms with Crippen molar-refractivity contribution in [3.8, 4) is 0 Å². The van der Waals surface area contributed by atoms with E-state index in [0.717, 1.165) is 48.3 Å². The number of hydrogen-bond acceptors (Lipinski definition) is 6. The van der Waals surface area contributed by atoms with Gasteiger partial charge in [-0.3, -0.25) is 14.5 Å². The average Bonchev–Trinajstić information content (AvgIpc) is 2.88. The van der Waals surface area contributed by atoms with Crippen LogP contribution in [0.15, 0.2) is 23.1 Å². The highest BCUT2D eigenvalue weighted by Crippen LogP contribution is 2.28. The molecule has 35 heavy (non-hydrogen) atoms. The summed E-state index contributed by atoms with van der Waals surface area (Å²) < 4.78 is 0. The van der Waals surface area contributed by atoms with E-state index in [9.17, 15) is 14.4 Å². The summed E-state index contributed by atoms with van der Waals surface area (Å²) in [5.74, 6) is 0.948. The summed E-state index contributed by atoms with van der Waals surface area (Å²) in [4.78, 5) is 40.4. The van der Waals surface area contributed by atoms with Gasteiger partial charge in [0, 0.05) is 30.5 Å². The van der Waals surface area contributed by atoms with Gasteiger partial charge in [0.2, 0.25) is 5.91 Å². The van der Waals surface area contributed by atoms with Gasteiger partial charge in [-0.05, 0) is 63.3 Å². The number of hydrogen-bond donors (Lipinski definition) is 1. The van der Waals surface area contributed by atoms with E-state index in [0.29, 0.717) is 24.9 Å². The summed E-state index contributed by atoms with van der Waals surface area (Å²) in [6.07, 6.45) is 11.5. The minimum absolute atomic E-state index is 0.0746. The number of benzene rings is 1. The molecule has 1 N–H and O–H groups in total. The lowest BCUT2D eigenvalue weighted by molar-refractivity contribution is -0.121. The van der Waals surface area contributed by atoms with Crippen LogP contribution < -0.4 is 5.32 Å². The van der Waals surface area contributed by atoms with E-state index in [4.69, 9.17) is 0 Å². The predicted octanol–water partition coefficient (Wildman–Crippen LogP) is 5.19. The van der Waals surface area contributed by atoms with Crippen molar-refractivity contribution in [1.29, 1.82) is 0 Å². The number of nitrogens with zero attached hydrogens (tertiary/aromatic N) is 2. The Morgan fingerprint density at radius 2 is 1.69 bits per heavy atom. The molecule has 0 bridgehead atoms. The Hall–Kier alpha value is -1.70. The quantitative estimate of drug-likeness (QED) is 0.141. The molecule has 0 aliphatic rings. The molecule has 0 aliphatic heterocycles. The van der Waals surface area contributed by atoms with Gasteiger partial charge in [-0.25, -0.2) is 0 Å². The van der Waals surface area contributed by atoms with E-state index in [1.807, 2.05) is 24.1 Å². The highest BCUT2D eigenvalue weighted by Gasteiger charge is 2.18. The first-order chi connectivity index (χ1) is 17.0.